The van der Waals surface area contributed by atoms with Crippen molar-refractivity contribution in [3.05, 3.63) is 0 Å². The lowest BCUT2D eigenvalue weighted by Crippen LogP contribution is -2.55. The third kappa shape index (κ3) is 2.57. The van der Waals surface area contributed by atoms with Gasteiger partial charge in [-0.05, 0) is 12.8 Å². The molecule has 0 radical (unpaired) electrons. The van der Waals surface area contributed by atoms with Gasteiger partial charge in [0.05, 0.1) is 4.99 Å². The molecule has 3 amide bonds. The van der Waals surface area contributed by atoms with Crippen LogP contribution in [0.4, 0.5) is 4.79 Å². The molecule has 1 atom stereocenters. The van der Waals surface area contributed by atoms with Crippen molar-refractivity contribution in [3.8, 4) is 0 Å². The van der Waals surface area contributed by atoms with Gasteiger partial charge in [0.2, 0.25) is 0 Å². The minimum atomic E-state index is -0.686. The van der Waals surface area contributed by atoms with Crippen molar-refractivity contribution in [2.24, 2.45) is 11.7 Å². The number of hydrogen-bond donors (Lipinski definition) is 2. The molecule has 0 aromatic carbocycles. The number of piperidine rings is 1. The number of nitrogens with one attached hydrogen (secondary N) is 1. The predicted molar refractivity (Wildman–Crippen MR) is 75.7 cm³/mol. The highest BCUT2D eigenvalue weighted by atomic mass is 32.1. The van der Waals surface area contributed by atoms with Crippen LogP contribution >= 0.6 is 12.2 Å². The summed E-state index contributed by atoms with van der Waals surface area (Å²) in [6.07, 6.45) is 1.29. The lowest BCUT2D eigenvalue weighted by atomic mass is 9.87. The normalized spacial score (nSPS) is 24.6. The van der Waals surface area contributed by atoms with Crippen LogP contribution in [-0.4, -0.2) is 58.9 Å². The highest BCUT2D eigenvalue weighted by Crippen LogP contribution is 2.28. The van der Waals surface area contributed by atoms with E-state index in [2.05, 4.69) is 10.2 Å². The van der Waals surface area contributed by atoms with E-state index in [0.717, 1.165) is 19.6 Å². The van der Waals surface area contributed by atoms with Gasteiger partial charge in [-0.25, -0.2) is 4.79 Å². The minimum Gasteiger partial charge on any atom is -0.393 e. The first-order chi connectivity index (χ1) is 8.85. The molecular formula is C12H20N4O2S. The van der Waals surface area contributed by atoms with Gasteiger partial charge in [-0.2, -0.15) is 0 Å². The van der Waals surface area contributed by atoms with Crippen LogP contribution in [-0.2, 0) is 4.79 Å². The summed E-state index contributed by atoms with van der Waals surface area (Å²) in [4.78, 5) is 27.6. The summed E-state index contributed by atoms with van der Waals surface area (Å²) in [7, 11) is 1.52. The second kappa shape index (κ2) is 5.05. The van der Waals surface area contributed by atoms with Gasteiger partial charge in [0.15, 0.2) is 0 Å². The number of carbonyl (C=O) groups excluding carboxylic acids is 2. The Morgan fingerprint density at radius 3 is 2.47 bits per heavy atom. The summed E-state index contributed by atoms with van der Waals surface area (Å²) in [5.74, 6) is 0.0557. The Bertz CT molecular complexity index is 418. The van der Waals surface area contributed by atoms with Crippen molar-refractivity contribution in [3.63, 3.8) is 0 Å². The average molecular weight is 284 g/mol. The molecule has 0 aliphatic carbocycles. The van der Waals surface area contributed by atoms with E-state index in [1.165, 1.54) is 11.9 Å². The monoisotopic (exact) mass is 284 g/mol. The van der Waals surface area contributed by atoms with E-state index in [1.54, 1.807) is 0 Å². The van der Waals surface area contributed by atoms with Gasteiger partial charge in [0.25, 0.3) is 5.91 Å². The molecule has 6 nitrogen and oxygen atoms in total. The number of likely N-dealkylation sites (N-methyl/N-ethyl adjacent to an activating group) is 1. The van der Waals surface area contributed by atoms with Gasteiger partial charge in [0, 0.05) is 32.6 Å². The fourth-order valence-corrected chi connectivity index (χ4v) is 2.76. The van der Waals surface area contributed by atoms with Crippen LogP contribution in [0.2, 0.25) is 0 Å². The smallest absolute Gasteiger partial charge is 0.324 e. The number of amides is 3. The molecule has 2 aliphatic rings. The van der Waals surface area contributed by atoms with Crippen LogP contribution in [0.25, 0.3) is 0 Å². The number of carbonyl (C=O) groups is 2. The molecule has 1 spiro atoms. The summed E-state index contributed by atoms with van der Waals surface area (Å²) in [5, 5.41) is 2.83. The maximum Gasteiger partial charge on any atom is 0.324 e. The summed E-state index contributed by atoms with van der Waals surface area (Å²) < 4.78 is 0. The van der Waals surface area contributed by atoms with E-state index in [1.807, 2.05) is 6.92 Å². The molecular weight excluding hydrogens is 264 g/mol. The van der Waals surface area contributed by atoms with Gasteiger partial charge in [-0.3, -0.25) is 9.69 Å². The van der Waals surface area contributed by atoms with Gasteiger partial charge in [-0.1, -0.05) is 19.1 Å². The largest absolute Gasteiger partial charge is 0.393 e. The molecule has 0 aromatic rings. The van der Waals surface area contributed by atoms with Crippen molar-refractivity contribution in [2.75, 3.05) is 26.7 Å². The van der Waals surface area contributed by atoms with Crippen LogP contribution < -0.4 is 11.1 Å². The minimum absolute atomic E-state index is 0.112. The number of thiocarbonyl (C=S) groups is 1. The van der Waals surface area contributed by atoms with E-state index in [-0.39, 0.29) is 17.9 Å². The average Bonchev–Trinajstić information content (AvgIpc) is 2.57. The fourth-order valence-electron chi connectivity index (χ4n) is 2.69. The molecule has 2 heterocycles. The number of imide groups is 1. The number of nitrogens with zero attached hydrogens (tertiary/aromatic N) is 2. The Balaban J connectivity index is 1.94. The summed E-state index contributed by atoms with van der Waals surface area (Å²) >= 11 is 4.97. The third-order valence-corrected chi connectivity index (χ3v) is 4.49. The van der Waals surface area contributed by atoms with E-state index in [4.69, 9.17) is 18.0 Å². The van der Waals surface area contributed by atoms with Crippen molar-refractivity contribution in [1.29, 1.82) is 0 Å². The number of hydrogen-bond acceptors (Lipinski definition) is 4. The molecule has 2 aliphatic heterocycles. The fraction of sp³-hybridized carbons (Fsp3) is 0.750. The summed E-state index contributed by atoms with van der Waals surface area (Å²) in [6, 6.07) is -0.296. The van der Waals surface area contributed by atoms with Gasteiger partial charge < -0.3 is 16.0 Å². The number of urea groups is 1. The Morgan fingerprint density at radius 2 is 2.05 bits per heavy atom. The van der Waals surface area contributed by atoms with Crippen molar-refractivity contribution >= 4 is 29.1 Å². The zero-order valence-corrected chi connectivity index (χ0v) is 12.1. The molecule has 1 unspecified atom stereocenters. The SMILES string of the molecule is CC(CN1CCC2(CC1)NC(=O)N(C)C2=O)C(N)=S. The van der Waals surface area contributed by atoms with E-state index in [0.29, 0.717) is 17.8 Å². The number of nitrogens with two attached hydrogens (primary N) is 1. The highest BCUT2D eigenvalue weighted by Gasteiger charge is 2.50. The predicted octanol–water partition coefficient (Wildman–Crippen LogP) is -0.0752. The highest BCUT2D eigenvalue weighted by molar-refractivity contribution is 7.80. The molecule has 3 N–H and O–H groups in total. The molecule has 19 heavy (non-hydrogen) atoms. The quantitative estimate of drug-likeness (QED) is 0.560. The lowest BCUT2D eigenvalue weighted by molar-refractivity contribution is -0.132. The first-order valence-electron chi connectivity index (χ1n) is 6.48. The van der Waals surface area contributed by atoms with Crippen LogP contribution in [0.15, 0.2) is 0 Å². The molecule has 106 valence electrons. The zero-order chi connectivity index (χ0) is 14.2. The van der Waals surface area contributed by atoms with Crippen LogP contribution in [0, 0.1) is 5.92 Å². The first-order valence-corrected chi connectivity index (χ1v) is 6.88. The second-order valence-electron chi connectivity index (χ2n) is 5.48. The van der Waals surface area contributed by atoms with Gasteiger partial charge >= 0.3 is 6.03 Å². The molecule has 0 bridgehead atoms. The summed E-state index contributed by atoms with van der Waals surface area (Å²) in [6.45, 7) is 4.35. The standard InChI is InChI=1S/C12H20N4O2S/c1-8(9(13)19)7-16-5-3-12(4-6-16)10(17)15(2)11(18)14-12/h8H,3-7H2,1-2H3,(H2,13,19)(H,14,18). The summed E-state index contributed by atoms with van der Waals surface area (Å²) in [5.41, 5.74) is 4.93. The molecule has 0 saturated carbocycles. The maximum atomic E-state index is 12.1. The Labute approximate surface area is 118 Å². The molecule has 2 fully saturated rings. The zero-order valence-electron chi connectivity index (χ0n) is 11.3. The van der Waals surface area contributed by atoms with E-state index < -0.39 is 5.54 Å². The maximum absolute atomic E-state index is 12.1. The van der Waals surface area contributed by atoms with Crippen LogP contribution in [0.5, 0.6) is 0 Å². The number of rotatable bonds is 3. The van der Waals surface area contributed by atoms with Crippen LogP contribution in [0.3, 0.4) is 0 Å². The lowest BCUT2D eigenvalue weighted by Gasteiger charge is -2.38. The van der Waals surface area contributed by atoms with Crippen molar-refractivity contribution < 1.29 is 9.59 Å². The Morgan fingerprint density at radius 1 is 1.47 bits per heavy atom. The van der Waals surface area contributed by atoms with Crippen LogP contribution in [0.1, 0.15) is 19.8 Å². The van der Waals surface area contributed by atoms with Gasteiger partial charge in [-0.15, -0.1) is 0 Å². The molecule has 0 aromatic heterocycles. The molecule has 2 saturated heterocycles. The van der Waals surface area contributed by atoms with Crippen molar-refractivity contribution in [1.82, 2.24) is 15.1 Å². The topological polar surface area (TPSA) is 78.7 Å². The van der Waals surface area contributed by atoms with Crippen molar-refractivity contribution in [2.45, 2.75) is 25.3 Å². The van der Waals surface area contributed by atoms with E-state index in [9.17, 15) is 9.59 Å². The number of likely N-dealkylation sites (tertiary alicyclic amines) is 1. The Hall–Kier alpha value is -1.21. The molecule has 7 heteroatoms. The first kappa shape index (κ1) is 14.2. The second-order valence-corrected chi connectivity index (χ2v) is 5.95. The third-order valence-electron chi connectivity index (χ3n) is 4.09. The molecule has 2 rings (SSSR count). The van der Waals surface area contributed by atoms with Gasteiger partial charge in [0.1, 0.15) is 5.54 Å². The Kier molecular flexibility index (Phi) is 3.78. The van der Waals surface area contributed by atoms with E-state index >= 15 is 0 Å².